The van der Waals surface area contributed by atoms with Gasteiger partial charge in [0.1, 0.15) is 6.61 Å². The van der Waals surface area contributed by atoms with Crippen LogP contribution in [0.1, 0.15) is 12.1 Å². The smallest absolute Gasteiger partial charge is 0.250 e. The molecule has 0 saturated carbocycles. The van der Waals surface area contributed by atoms with Gasteiger partial charge in [-0.15, -0.1) is 0 Å². The molecule has 24 heavy (non-hydrogen) atoms. The van der Waals surface area contributed by atoms with Gasteiger partial charge in [0, 0.05) is 32.0 Å². The van der Waals surface area contributed by atoms with Crippen molar-refractivity contribution >= 4 is 34.8 Å². The summed E-state index contributed by atoms with van der Waals surface area (Å²) in [6, 6.07) is 6.76. The fourth-order valence-corrected chi connectivity index (χ4v) is 2.27. The molecular formula is C16H19ClN4O3. The molecule has 7 nitrogen and oxygen atoms in total. The van der Waals surface area contributed by atoms with Crippen LogP contribution in [0.2, 0.25) is 5.02 Å². The first-order chi connectivity index (χ1) is 11.5. The minimum absolute atomic E-state index is 0.0539. The largest absolute Gasteiger partial charge is 0.375 e. The van der Waals surface area contributed by atoms with Gasteiger partial charge in [-0.2, -0.15) is 5.10 Å². The summed E-state index contributed by atoms with van der Waals surface area (Å²) in [6.07, 6.45) is 2.13. The van der Waals surface area contributed by atoms with Crippen LogP contribution in [-0.4, -0.2) is 35.3 Å². The zero-order valence-corrected chi connectivity index (χ0v) is 14.3. The molecule has 0 fully saturated rings. The van der Waals surface area contributed by atoms with Crippen molar-refractivity contribution in [2.24, 2.45) is 0 Å². The topological polar surface area (TPSA) is 85.3 Å². The predicted octanol–water partition coefficient (Wildman–Crippen LogP) is 2.46. The standard InChI is InChI=1S/C16H19ClN4O3/c1-11-5-7-21(20-11)8-6-15(22)18-12-3-4-14(13(17)9-12)19-16(23)10-24-2/h3-5,7,9H,6,8,10H2,1-2H3,(H,18,22)(H,19,23). The van der Waals surface area contributed by atoms with Gasteiger partial charge in [0.15, 0.2) is 0 Å². The van der Waals surface area contributed by atoms with Crippen LogP contribution in [0.25, 0.3) is 0 Å². The molecule has 2 amide bonds. The molecule has 1 heterocycles. The Morgan fingerprint density at radius 2 is 2.04 bits per heavy atom. The third-order valence-electron chi connectivity index (χ3n) is 3.14. The summed E-state index contributed by atoms with van der Waals surface area (Å²) in [5.74, 6) is -0.443. The summed E-state index contributed by atoms with van der Waals surface area (Å²) in [7, 11) is 1.43. The van der Waals surface area contributed by atoms with Crippen molar-refractivity contribution in [3.05, 3.63) is 41.2 Å². The van der Waals surface area contributed by atoms with Crippen LogP contribution >= 0.6 is 11.6 Å². The number of methoxy groups -OCH3 is 1. The normalized spacial score (nSPS) is 10.5. The van der Waals surface area contributed by atoms with Gasteiger partial charge in [0.05, 0.1) is 16.4 Å². The second-order valence-electron chi connectivity index (χ2n) is 5.19. The van der Waals surface area contributed by atoms with Gasteiger partial charge in [0.25, 0.3) is 0 Å². The molecule has 0 aliphatic carbocycles. The summed E-state index contributed by atoms with van der Waals surface area (Å²) < 4.78 is 6.46. The maximum absolute atomic E-state index is 12.0. The van der Waals surface area contributed by atoms with Crippen molar-refractivity contribution < 1.29 is 14.3 Å². The van der Waals surface area contributed by atoms with Gasteiger partial charge >= 0.3 is 0 Å². The van der Waals surface area contributed by atoms with Gasteiger partial charge in [-0.1, -0.05) is 11.6 Å². The number of halogens is 1. The van der Waals surface area contributed by atoms with E-state index in [1.807, 2.05) is 19.2 Å². The van der Waals surface area contributed by atoms with Crippen LogP contribution in [0, 0.1) is 6.92 Å². The fourth-order valence-electron chi connectivity index (χ4n) is 2.04. The molecule has 0 atom stereocenters. The average Bonchev–Trinajstić information content (AvgIpc) is 2.94. The lowest BCUT2D eigenvalue weighted by atomic mass is 10.2. The Bertz CT molecular complexity index is 730. The highest BCUT2D eigenvalue weighted by molar-refractivity contribution is 6.34. The van der Waals surface area contributed by atoms with E-state index in [9.17, 15) is 9.59 Å². The summed E-state index contributed by atoms with van der Waals surface area (Å²) >= 11 is 6.11. The van der Waals surface area contributed by atoms with Gasteiger partial charge in [-0.3, -0.25) is 14.3 Å². The van der Waals surface area contributed by atoms with Gasteiger partial charge in [-0.25, -0.2) is 0 Å². The molecule has 8 heteroatoms. The van der Waals surface area contributed by atoms with Crippen molar-refractivity contribution in [3.8, 4) is 0 Å². The molecule has 0 aliphatic heterocycles. The van der Waals surface area contributed by atoms with E-state index in [4.69, 9.17) is 16.3 Å². The Hall–Kier alpha value is -2.38. The van der Waals surface area contributed by atoms with Crippen LogP contribution < -0.4 is 10.6 Å². The van der Waals surface area contributed by atoms with E-state index in [1.165, 1.54) is 7.11 Å². The van der Waals surface area contributed by atoms with E-state index in [-0.39, 0.29) is 18.4 Å². The molecule has 1 aromatic heterocycles. The Kier molecular flexibility index (Phi) is 6.34. The highest BCUT2D eigenvalue weighted by atomic mass is 35.5. The van der Waals surface area contributed by atoms with Crippen molar-refractivity contribution in [2.45, 2.75) is 19.9 Å². The number of rotatable bonds is 7. The molecule has 0 saturated heterocycles. The molecular weight excluding hydrogens is 332 g/mol. The molecule has 0 spiro atoms. The van der Waals surface area contributed by atoms with Gasteiger partial charge < -0.3 is 15.4 Å². The summed E-state index contributed by atoms with van der Waals surface area (Å²) in [6.45, 7) is 2.34. The number of carbonyl (C=O) groups is 2. The van der Waals surface area contributed by atoms with E-state index in [0.29, 0.717) is 29.4 Å². The van der Waals surface area contributed by atoms with Crippen LogP contribution in [0.15, 0.2) is 30.5 Å². The zero-order valence-electron chi connectivity index (χ0n) is 13.5. The Morgan fingerprint density at radius 3 is 2.67 bits per heavy atom. The summed E-state index contributed by atoms with van der Waals surface area (Å²) in [4.78, 5) is 23.4. The molecule has 128 valence electrons. The number of aromatic nitrogens is 2. The molecule has 2 rings (SSSR count). The average molecular weight is 351 g/mol. The van der Waals surface area contributed by atoms with E-state index >= 15 is 0 Å². The Balaban J connectivity index is 1.89. The highest BCUT2D eigenvalue weighted by Gasteiger charge is 2.08. The first kappa shape index (κ1) is 18.0. The monoisotopic (exact) mass is 350 g/mol. The van der Waals surface area contributed by atoms with Gasteiger partial charge in [0.2, 0.25) is 11.8 Å². The fraction of sp³-hybridized carbons (Fsp3) is 0.312. The number of anilines is 2. The van der Waals surface area contributed by atoms with Crippen molar-refractivity contribution in [1.82, 2.24) is 9.78 Å². The summed E-state index contributed by atoms with van der Waals surface area (Å²) in [5.41, 5.74) is 1.93. The Morgan fingerprint density at radius 1 is 1.25 bits per heavy atom. The molecule has 2 aromatic rings. The molecule has 2 N–H and O–H groups in total. The second kappa shape index (κ2) is 8.47. The predicted molar refractivity (Wildman–Crippen MR) is 92.2 cm³/mol. The first-order valence-electron chi connectivity index (χ1n) is 7.36. The maximum Gasteiger partial charge on any atom is 0.250 e. The molecule has 0 radical (unpaired) electrons. The Labute approximate surface area is 144 Å². The lowest BCUT2D eigenvalue weighted by Crippen LogP contribution is -2.17. The number of hydrogen-bond donors (Lipinski definition) is 2. The van der Waals surface area contributed by atoms with Crippen LogP contribution in [0.5, 0.6) is 0 Å². The van der Waals surface area contributed by atoms with Crippen LogP contribution in [0.4, 0.5) is 11.4 Å². The lowest BCUT2D eigenvalue weighted by molar-refractivity contribution is -0.119. The van der Waals surface area contributed by atoms with Crippen LogP contribution in [-0.2, 0) is 20.9 Å². The third kappa shape index (κ3) is 5.36. The number of nitrogens with zero attached hydrogens (tertiary/aromatic N) is 2. The lowest BCUT2D eigenvalue weighted by Gasteiger charge is -2.10. The number of ether oxygens (including phenoxy) is 1. The van der Waals surface area contributed by atoms with E-state index in [2.05, 4.69) is 15.7 Å². The molecule has 1 aromatic carbocycles. The molecule has 0 unspecified atom stereocenters. The highest BCUT2D eigenvalue weighted by Crippen LogP contribution is 2.25. The van der Waals surface area contributed by atoms with Crippen LogP contribution in [0.3, 0.4) is 0 Å². The van der Waals surface area contributed by atoms with E-state index in [0.717, 1.165) is 5.69 Å². The number of carbonyl (C=O) groups excluding carboxylic acids is 2. The number of benzene rings is 1. The van der Waals surface area contributed by atoms with Gasteiger partial charge in [-0.05, 0) is 31.2 Å². The maximum atomic E-state index is 12.0. The molecule has 0 bridgehead atoms. The zero-order chi connectivity index (χ0) is 17.5. The van der Waals surface area contributed by atoms with Crippen molar-refractivity contribution in [3.63, 3.8) is 0 Å². The van der Waals surface area contributed by atoms with Crippen molar-refractivity contribution in [2.75, 3.05) is 24.4 Å². The minimum atomic E-state index is -0.300. The SMILES string of the molecule is COCC(=O)Nc1ccc(NC(=O)CCn2ccc(C)n2)cc1Cl. The van der Waals surface area contributed by atoms with E-state index in [1.54, 1.807) is 22.9 Å². The first-order valence-corrected chi connectivity index (χ1v) is 7.74. The van der Waals surface area contributed by atoms with E-state index < -0.39 is 0 Å². The number of nitrogens with one attached hydrogen (secondary N) is 2. The molecule has 0 aliphatic rings. The number of hydrogen-bond acceptors (Lipinski definition) is 4. The minimum Gasteiger partial charge on any atom is -0.375 e. The third-order valence-corrected chi connectivity index (χ3v) is 3.46. The quantitative estimate of drug-likeness (QED) is 0.803. The number of amides is 2. The number of aryl methyl sites for hydroxylation is 2. The van der Waals surface area contributed by atoms with Crippen molar-refractivity contribution in [1.29, 1.82) is 0 Å². The second-order valence-corrected chi connectivity index (χ2v) is 5.60. The summed E-state index contributed by atoms with van der Waals surface area (Å²) in [5, 5.41) is 9.94.